The first kappa shape index (κ1) is 11.0. The number of fused-ring (bicyclic) bond motifs is 1. The predicted molar refractivity (Wildman–Crippen MR) is 72.8 cm³/mol. The molecule has 92 valence electrons. The highest BCUT2D eigenvalue weighted by Gasteiger charge is 2.08. The fourth-order valence-electron chi connectivity index (χ4n) is 2.05. The summed E-state index contributed by atoms with van der Waals surface area (Å²) < 4.78 is 0. The summed E-state index contributed by atoms with van der Waals surface area (Å²) >= 11 is 0. The van der Waals surface area contributed by atoms with Crippen molar-refractivity contribution in [3.63, 3.8) is 0 Å². The van der Waals surface area contributed by atoms with Gasteiger partial charge in [0.2, 0.25) is 0 Å². The van der Waals surface area contributed by atoms with E-state index in [0.717, 1.165) is 47.8 Å². The lowest BCUT2D eigenvalue weighted by Crippen LogP contribution is -2.35. The Kier molecular flexibility index (Phi) is 2.80. The average molecular weight is 241 g/mol. The maximum atomic E-state index is 4.40. The van der Waals surface area contributed by atoms with E-state index in [1.165, 1.54) is 0 Å². The SMILES string of the molecule is Cc1c(NC2=NCCCN2)ccc2nccnc12. The molecule has 0 saturated heterocycles. The summed E-state index contributed by atoms with van der Waals surface area (Å²) in [7, 11) is 0. The van der Waals surface area contributed by atoms with Gasteiger partial charge in [0, 0.05) is 36.7 Å². The van der Waals surface area contributed by atoms with Gasteiger partial charge in [0.1, 0.15) is 0 Å². The quantitative estimate of drug-likeness (QED) is 0.797. The van der Waals surface area contributed by atoms with Crippen molar-refractivity contribution in [3.8, 4) is 0 Å². The third-order valence-corrected chi connectivity index (χ3v) is 3.04. The molecule has 5 nitrogen and oxygen atoms in total. The van der Waals surface area contributed by atoms with Crippen molar-refractivity contribution in [1.82, 2.24) is 15.3 Å². The Hall–Kier alpha value is -2.17. The molecule has 2 N–H and O–H groups in total. The van der Waals surface area contributed by atoms with Crippen LogP contribution in [0.25, 0.3) is 11.0 Å². The van der Waals surface area contributed by atoms with Gasteiger partial charge in [-0.3, -0.25) is 15.0 Å². The Morgan fingerprint density at radius 1 is 1.22 bits per heavy atom. The van der Waals surface area contributed by atoms with Crippen LogP contribution < -0.4 is 10.6 Å². The smallest absolute Gasteiger partial charge is 0.195 e. The van der Waals surface area contributed by atoms with Crippen LogP contribution >= 0.6 is 0 Å². The van der Waals surface area contributed by atoms with Crippen LogP contribution in [-0.4, -0.2) is 29.0 Å². The van der Waals surface area contributed by atoms with Gasteiger partial charge in [0.05, 0.1) is 11.0 Å². The summed E-state index contributed by atoms with van der Waals surface area (Å²) in [5.74, 6) is 0.840. The van der Waals surface area contributed by atoms with Gasteiger partial charge in [0.15, 0.2) is 5.96 Å². The Morgan fingerprint density at radius 3 is 2.94 bits per heavy atom. The van der Waals surface area contributed by atoms with Crippen LogP contribution in [0.15, 0.2) is 29.5 Å². The van der Waals surface area contributed by atoms with E-state index in [9.17, 15) is 0 Å². The Labute approximate surface area is 105 Å². The molecule has 0 unspecified atom stereocenters. The van der Waals surface area contributed by atoms with Gasteiger partial charge < -0.3 is 10.6 Å². The number of guanidine groups is 1. The minimum atomic E-state index is 0.840. The molecule has 0 fully saturated rings. The number of benzene rings is 1. The zero-order valence-electron chi connectivity index (χ0n) is 10.3. The minimum absolute atomic E-state index is 0.840. The highest BCUT2D eigenvalue weighted by atomic mass is 15.2. The lowest BCUT2D eigenvalue weighted by atomic mass is 10.1. The molecule has 1 aromatic carbocycles. The van der Waals surface area contributed by atoms with Crippen molar-refractivity contribution >= 4 is 22.7 Å². The zero-order chi connectivity index (χ0) is 12.4. The summed E-state index contributed by atoms with van der Waals surface area (Å²) in [6.45, 7) is 3.89. The highest BCUT2D eigenvalue weighted by Crippen LogP contribution is 2.22. The number of nitrogens with one attached hydrogen (secondary N) is 2. The molecule has 1 aliphatic rings. The first-order valence-corrected chi connectivity index (χ1v) is 6.10. The van der Waals surface area contributed by atoms with Crippen molar-refractivity contribution in [1.29, 1.82) is 0 Å². The van der Waals surface area contributed by atoms with Crippen molar-refractivity contribution < 1.29 is 0 Å². The number of aryl methyl sites for hydroxylation is 1. The van der Waals surface area contributed by atoms with Crippen molar-refractivity contribution in [2.24, 2.45) is 4.99 Å². The predicted octanol–water partition coefficient (Wildman–Crippen LogP) is 1.70. The average Bonchev–Trinajstić information content (AvgIpc) is 2.43. The number of aromatic nitrogens is 2. The van der Waals surface area contributed by atoms with E-state index in [4.69, 9.17) is 0 Å². The van der Waals surface area contributed by atoms with Crippen LogP contribution in [0.3, 0.4) is 0 Å². The number of hydrogen-bond acceptors (Lipinski definition) is 5. The minimum Gasteiger partial charge on any atom is -0.356 e. The zero-order valence-corrected chi connectivity index (χ0v) is 10.3. The van der Waals surface area contributed by atoms with Gasteiger partial charge in [-0.1, -0.05) is 0 Å². The van der Waals surface area contributed by atoms with E-state index in [1.807, 2.05) is 19.1 Å². The van der Waals surface area contributed by atoms with Crippen LogP contribution in [0.5, 0.6) is 0 Å². The van der Waals surface area contributed by atoms with Crippen molar-refractivity contribution in [3.05, 3.63) is 30.1 Å². The fraction of sp³-hybridized carbons (Fsp3) is 0.308. The number of aliphatic imine (C=N–C) groups is 1. The van der Waals surface area contributed by atoms with Gasteiger partial charge in [-0.25, -0.2) is 0 Å². The van der Waals surface area contributed by atoms with Crippen molar-refractivity contribution in [2.45, 2.75) is 13.3 Å². The van der Waals surface area contributed by atoms with Crippen LogP contribution in [-0.2, 0) is 0 Å². The molecular formula is C13H15N5. The van der Waals surface area contributed by atoms with Crippen LogP contribution in [0.1, 0.15) is 12.0 Å². The van der Waals surface area contributed by atoms with E-state index in [0.29, 0.717) is 0 Å². The van der Waals surface area contributed by atoms with E-state index >= 15 is 0 Å². The van der Waals surface area contributed by atoms with E-state index in [-0.39, 0.29) is 0 Å². The molecule has 0 radical (unpaired) electrons. The molecule has 2 aromatic rings. The summed E-state index contributed by atoms with van der Waals surface area (Å²) in [5.41, 5.74) is 3.96. The van der Waals surface area contributed by atoms with Gasteiger partial charge in [-0.15, -0.1) is 0 Å². The summed E-state index contributed by atoms with van der Waals surface area (Å²) in [5, 5.41) is 6.56. The molecule has 0 bridgehead atoms. The third kappa shape index (κ3) is 1.99. The normalized spacial score (nSPS) is 15.1. The third-order valence-electron chi connectivity index (χ3n) is 3.04. The highest BCUT2D eigenvalue weighted by molar-refractivity contribution is 5.97. The molecular weight excluding hydrogens is 226 g/mol. The number of anilines is 1. The van der Waals surface area contributed by atoms with E-state index in [2.05, 4.69) is 25.6 Å². The number of hydrogen-bond donors (Lipinski definition) is 2. The van der Waals surface area contributed by atoms with Crippen LogP contribution in [0.4, 0.5) is 5.69 Å². The molecule has 3 rings (SSSR count). The Bertz CT molecular complexity index is 605. The molecule has 0 spiro atoms. The summed E-state index contributed by atoms with van der Waals surface area (Å²) in [6, 6.07) is 3.99. The lowest BCUT2D eigenvalue weighted by molar-refractivity contribution is 0.740. The summed E-state index contributed by atoms with van der Waals surface area (Å²) in [4.78, 5) is 13.1. The first-order chi connectivity index (χ1) is 8.84. The first-order valence-electron chi connectivity index (χ1n) is 6.10. The maximum absolute atomic E-state index is 4.40. The second-order valence-corrected chi connectivity index (χ2v) is 4.30. The Balaban J connectivity index is 1.97. The molecule has 0 atom stereocenters. The number of rotatable bonds is 1. The van der Waals surface area contributed by atoms with E-state index < -0.39 is 0 Å². The number of nitrogens with zero attached hydrogens (tertiary/aromatic N) is 3. The molecule has 5 heteroatoms. The molecule has 1 aromatic heterocycles. The molecule has 2 heterocycles. The van der Waals surface area contributed by atoms with Gasteiger partial charge in [0.25, 0.3) is 0 Å². The molecule has 18 heavy (non-hydrogen) atoms. The Morgan fingerprint density at radius 2 is 2.11 bits per heavy atom. The van der Waals surface area contributed by atoms with Gasteiger partial charge in [-0.2, -0.15) is 0 Å². The standard InChI is InChI=1S/C13H15N5/c1-9-10(18-13-16-5-2-6-17-13)3-4-11-12(9)15-8-7-14-11/h3-4,7-8H,2,5-6H2,1H3,(H2,16,17,18). The van der Waals surface area contributed by atoms with Gasteiger partial charge >= 0.3 is 0 Å². The second kappa shape index (κ2) is 4.60. The molecule has 0 saturated carbocycles. The lowest BCUT2D eigenvalue weighted by Gasteiger charge is -2.17. The molecule has 1 aliphatic heterocycles. The van der Waals surface area contributed by atoms with Gasteiger partial charge in [-0.05, 0) is 25.5 Å². The fourth-order valence-corrected chi connectivity index (χ4v) is 2.05. The largest absolute Gasteiger partial charge is 0.356 e. The van der Waals surface area contributed by atoms with Crippen LogP contribution in [0.2, 0.25) is 0 Å². The molecule has 0 amide bonds. The topological polar surface area (TPSA) is 62.2 Å². The summed E-state index contributed by atoms with van der Waals surface area (Å²) in [6.07, 6.45) is 4.52. The van der Waals surface area contributed by atoms with Crippen molar-refractivity contribution in [2.75, 3.05) is 18.4 Å². The van der Waals surface area contributed by atoms with E-state index in [1.54, 1.807) is 12.4 Å². The van der Waals surface area contributed by atoms with Crippen LogP contribution in [0, 0.1) is 6.92 Å². The maximum Gasteiger partial charge on any atom is 0.195 e. The monoisotopic (exact) mass is 241 g/mol. The molecule has 0 aliphatic carbocycles. The second-order valence-electron chi connectivity index (χ2n) is 4.30.